The number of rotatable bonds is 4. The summed E-state index contributed by atoms with van der Waals surface area (Å²) in [5.41, 5.74) is 6.55. The van der Waals surface area contributed by atoms with Crippen molar-refractivity contribution in [3.63, 3.8) is 0 Å². The van der Waals surface area contributed by atoms with Gasteiger partial charge < -0.3 is 14.4 Å². The smallest absolute Gasteiger partial charge is 0.121 e. The molecule has 8 rings (SSSR count). The van der Waals surface area contributed by atoms with Gasteiger partial charge in [0.05, 0.1) is 13.7 Å². The van der Waals surface area contributed by atoms with Crippen LogP contribution in [0.25, 0.3) is 55.6 Å². The first kappa shape index (κ1) is 27.8. The number of halogens is 1. The van der Waals surface area contributed by atoms with Gasteiger partial charge in [0.15, 0.2) is 0 Å². The molecule has 1 radical (unpaired) electrons. The SMILES string of the molecule is C[Si](C)(C)c1ccc(-c2[c-]ccc(F)c2)nc1.[2H]C1([2H])CCC([2H])([2H])c2c1ccnc2-c1[c-]ccc2c1oc1cc(-c3ccccc3)ccc12.[Ir]. The van der Waals surface area contributed by atoms with Crippen LogP contribution >= 0.6 is 0 Å². The number of hydrogen-bond donors (Lipinski definition) is 0. The van der Waals surface area contributed by atoms with Gasteiger partial charge >= 0.3 is 0 Å². The third kappa shape index (κ3) is 6.91. The van der Waals surface area contributed by atoms with Gasteiger partial charge in [0, 0.05) is 49.2 Å². The molecule has 4 aromatic carbocycles. The molecule has 6 heteroatoms. The fourth-order valence-electron chi connectivity index (χ4n) is 5.67. The molecule has 0 atom stereocenters. The van der Waals surface area contributed by atoms with E-state index < -0.39 is 20.8 Å². The molecule has 0 aliphatic heterocycles. The van der Waals surface area contributed by atoms with Crippen LogP contribution in [-0.4, -0.2) is 18.0 Å². The Morgan fingerprint density at radius 1 is 0.809 bits per heavy atom. The monoisotopic (exact) mass is 815 g/mol. The Kier molecular flexibility index (Phi) is 8.22. The molecule has 0 N–H and O–H groups in total. The summed E-state index contributed by atoms with van der Waals surface area (Å²) in [6, 6.07) is 36.2. The average molecular weight is 815 g/mol. The second kappa shape index (κ2) is 13.9. The Balaban J connectivity index is 0.000000211. The zero-order valence-electron chi connectivity index (χ0n) is 30.3. The van der Waals surface area contributed by atoms with Gasteiger partial charge in [0.2, 0.25) is 0 Å². The molecule has 7 aromatic rings. The van der Waals surface area contributed by atoms with Crippen LogP contribution in [0.3, 0.4) is 0 Å². The van der Waals surface area contributed by atoms with Crippen molar-refractivity contribution >= 4 is 35.2 Å². The molecule has 0 saturated heterocycles. The van der Waals surface area contributed by atoms with Gasteiger partial charge in [-0.3, -0.25) is 0 Å². The van der Waals surface area contributed by atoms with Crippen LogP contribution in [0, 0.1) is 17.9 Å². The number of nitrogens with zero attached hydrogens (tertiary/aromatic N) is 2. The topological polar surface area (TPSA) is 38.9 Å². The number of aryl methyl sites for hydroxylation is 1. The van der Waals surface area contributed by atoms with Gasteiger partial charge in [-0.2, -0.15) is 0 Å². The van der Waals surface area contributed by atoms with E-state index in [9.17, 15) is 4.39 Å². The van der Waals surface area contributed by atoms with E-state index in [-0.39, 0.29) is 38.8 Å². The summed E-state index contributed by atoms with van der Waals surface area (Å²) in [7, 11) is -1.31. The first-order valence-electron chi connectivity index (χ1n) is 17.4. The van der Waals surface area contributed by atoms with Crippen molar-refractivity contribution in [2.75, 3.05) is 0 Å². The maximum Gasteiger partial charge on any atom is 0.121 e. The van der Waals surface area contributed by atoms with E-state index in [1.807, 2.05) is 48.7 Å². The van der Waals surface area contributed by atoms with Crippen molar-refractivity contribution in [1.29, 1.82) is 0 Å². The molecular formula is C41H35FIrN2OSi-2. The van der Waals surface area contributed by atoms with E-state index in [2.05, 4.69) is 66.0 Å². The first-order chi connectivity index (χ1) is 23.8. The summed E-state index contributed by atoms with van der Waals surface area (Å²) in [6.07, 6.45) is 0.397. The fraction of sp³-hybridized carbons (Fsp3) is 0.171. The molecule has 0 spiro atoms. The van der Waals surface area contributed by atoms with Crippen molar-refractivity contribution < 1.29 is 34.4 Å². The van der Waals surface area contributed by atoms with Crippen LogP contribution in [0.5, 0.6) is 0 Å². The molecule has 3 nitrogen and oxygen atoms in total. The van der Waals surface area contributed by atoms with Crippen molar-refractivity contribution in [2.45, 2.75) is 45.2 Å². The summed E-state index contributed by atoms with van der Waals surface area (Å²) >= 11 is 0. The Labute approximate surface area is 295 Å². The van der Waals surface area contributed by atoms with E-state index in [0.29, 0.717) is 33.5 Å². The fourth-order valence-corrected chi connectivity index (χ4v) is 6.71. The van der Waals surface area contributed by atoms with E-state index in [4.69, 9.17) is 9.90 Å². The normalized spacial score (nSPS) is 16.0. The van der Waals surface area contributed by atoms with Crippen LogP contribution < -0.4 is 5.19 Å². The largest absolute Gasteiger partial charge is 0.501 e. The molecule has 3 heterocycles. The molecule has 3 aromatic heterocycles. The third-order valence-electron chi connectivity index (χ3n) is 8.14. The van der Waals surface area contributed by atoms with E-state index in [0.717, 1.165) is 33.2 Å². The Morgan fingerprint density at radius 2 is 1.62 bits per heavy atom. The molecule has 0 amide bonds. The Hall–Kier alpha value is -4.22. The van der Waals surface area contributed by atoms with E-state index in [1.165, 1.54) is 17.3 Å². The number of fused-ring (bicyclic) bond motifs is 4. The summed E-state index contributed by atoms with van der Waals surface area (Å²) in [5, 5.41) is 3.16. The number of aromatic nitrogens is 2. The molecule has 47 heavy (non-hydrogen) atoms. The number of pyridine rings is 2. The minimum atomic E-state index is -1.69. The molecular weight excluding hydrogens is 776 g/mol. The zero-order valence-corrected chi connectivity index (χ0v) is 29.7. The Morgan fingerprint density at radius 3 is 2.38 bits per heavy atom. The van der Waals surface area contributed by atoms with Crippen LogP contribution in [0.15, 0.2) is 114 Å². The van der Waals surface area contributed by atoms with Crippen LogP contribution in [0.4, 0.5) is 4.39 Å². The summed E-state index contributed by atoms with van der Waals surface area (Å²) in [6.45, 7) is 6.83. The molecule has 0 unspecified atom stereocenters. The van der Waals surface area contributed by atoms with Crippen molar-refractivity contribution in [1.82, 2.24) is 9.97 Å². The van der Waals surface area contributed by atoms with E-state index >= 15 is 0 Å². The van der Waals surface area contributed by atoms with Crippen LogP contribution in [0.1, 0.15) is 29.5 Å². The van der Waals surface area contributed by atoms with Crippen molar-refractivity contribution in [2.24, 2.45) is 0 Å². The minimum Gasteiger partial charge on any atom is -0.501 e. The van der Waals surface area contributed by atoms with Crippen molar-refractivity contribution in [3.05, 3.63) is 139 Å². The minimum absolute atomic E-state index is 0. The van der Waals surface area contributed by atoms with Crippen molar-refractivity contribution in [3.8, 4) is 33.6 Å². The van der Waals surface area contributed by atoms with Gasteiger partial charge in [0.25, 0.3) is 0 Å². The second-order valence-corrected chi connectivity index (χ2v) is 17.4. The zero-order chi connectivity index (χ0) is 35.3. The van der Waals surface area contributed by atoms with Gasteiger partial charge in [-0.15, -0.1) is 48.0 Å². The molecule has 1 aliphatic rings. The number of hydrogen-bond acceptors (Lipinski definition) is 3. The van der Waals surface area contributed by atoms with Gasteiger partial charge in [-0.05, 0) is 65.4 Å². The second-order valence-electron chi connectivity index (χ2n) is 12.3. The first-order valence-corrected chi connectivity index (χ1v) is 18.9. The quantitative estimate of drug-likeness (QED) is 0.131. The van der Waals surface area contributed by atoms with Gasteiger partial charge in [-0.1, -0.05) is 96.3 Å². The predicted octanol–water partition coefficient (Wildman–Crippen LogP) is 10.2. The van der Waals surface area contributed by atoms with Crippen LogP contribution in [0.2, 0.25) is 19.6 Å². The van der Waals surface area contributed by atoms with E-state index in [1.54, 1.807) is 24.4 Å². The molecule has 1 aliphatic carbocycles. The molecule has 237 valence electrons. The number of benzene rings is 4. The predicted molar refractivity (Wildman–Crippen MR) is 189 cm³/mol. The van der Waals surface area contributed by atoms with Gasteiger partial charge in [0.1, 0.15) is 5.58 Å². The summed E-state index contributed by atoms with van der Waals surface area (Å²) in [4.78, 5) is 8.90. The molecule has 0 saturated carbocycles. The summed E-state index contributed by atoms with van der Waals surface area (Å²) in [5.74, 6) is -0.255. The maximum atomic E-state index is 13.1. The van der Waals surface area contributed by atoms with Gasteiger partial charge in [-0.25, -0.2) is 4.39 Å². The van der Waals surface area contributed by atoms with Crippen LogP contribution in [-0.2, 0) is 32.9 Å². The summed E-state index contributed by atoms with van der Waals surface area (Å²) < 4.78 is 53.5. The third-order valence-corrected chi connectivity index (χ3v) is 10.2. The number of furan rings is 1. The molecule has 0 bridgehead atoms. The Bertz CT molecular complexity index is 2340. The maximum absolute atomic E-state index is 13.1. The standard InChI is InChI=1S/C27H20NO.C14H15FNSi.Ir/c1-2-7-18(8-3-1)20-13-14-22-23-11-6-12-24(27(23)29-25(22)17-20)26-21-10-5-4-9-19(21)15-16-28-26;1-17(2,3)13-7-8-14(16-10-13)11-5-4-6-12(15)9-11;/h1-3,6-8,11,13-17H,4-5,9-10H2;4,6-10H,1-3H3;/q2*-1;/i9D2,10D2;;. The average Bonchev–Trinajstić information content (AvgIpc) is 3.49. The molecule has 0 fully saturated rings.